The van der Waals surface area contributed by atoms with Gasteiger partial charge in [-0.05, 0) is 19.1 Å². The van der Waals surface area contributed by atoms with Crippen LogP contribution in [0.1, 0.15) is 21.5 Å². The fourth-order valence-electron chi connectivity index (χ4n) is 1.42. The minimum absolute atomic E-state index is 0.267. The zero-order chi connectivity index (χ0) is 12.5. The molecule has 1 aromatic rings. The van der Waals surface area contributed by atoms with Gasteiger partial charge in [-0.2, -0.15) is 13.2 Å². The van der Waals surface area contributed by atoms with Gasteiger partial charge >= 0.3 is 6.18 Å². The first-order valence-electron chi connectivity index (χ1n) is 4.25. The zero-order valence-electron chi connectivity index (χ0n) is 8.51. The summed E-state index contributed by atoms with van der Waals surface area (Å²) < 4.78 is 42.1. The summed E-state index contributed by atoms with van der Waals surface area (Å²) in [7, 11) is 1.11. The van der Waals surface area contributed by atoms with Crippen molar-refractivity contribution in [3.8, 4) is 5.75 Å². The molecule has 1 rings (SSSR count). The molecule has 0 aliphatic rings. The van der Waals surface area contributed by atoms with Crippen molar-refractivity contribution < 1.29 is 27.8 Å². The predicted molar refractivity (Wildman–Crippen MR) is 47.1 cm³/mol. The monoisotopic (exact) mass is 233 g/mol. The molecule has 0 saturated carbocycles. The lowest BCUT2D eigenvalue weighted by Gasteiger charge is -2.17. The van der Waals surface area contributed by atoms with E-state index < -0.39 is 23.3 Å². The van der Waals surface area contributed by atoms with E-state index in [0.29, 0.717) is 6.07 Å². The Hall–Kier alpha value is -1.72. The number of carboxylic acids is 1. The van der Waals surface area contributed by atoms with Gasteiger partial charge in [0.05, 0.1) is 18.6 Å². The largest absolute Gasteiger partial charge is 0.545 e. The number of hydrogen-bond acceptors (Lipinski definition) is 3. The Balaban J connectivity index is 3.46. The van der Waals surface area contributed by atoms with Crippen LogP contribution in [0.4, 0.5) is 13.2 Å². The van der Waals surface area contributed by atoms with Crippen LogP contribution in [0.5, 0.6) is 5.75 Å². The van der Waals surface area contributed by atoms with Crippen molar-refractivity contribution >= 4 is 5.97 Å². The van der Waals surface area contributed by atoms with E-state index in [0.717, 1.165) is 20.1 Å². The number of aromatic carboxylic acids is 1. The molecule has 0 aromatic heterocycles. The van der Waals surface area contributed by atoms with Crippen LogP contribution in [0.25, 0.3) is 0 Å². The van der Waals surface area contributed by atoms with Crippen LogP contribution in [-0.2, 0) is 6.18 Å². The third-order valence-corrected chi connectivity index (χ3v) is 2.14. The van der Waals surface area contributed by atoms with Crippen molar-refractivity contribution in [3.63, 3.8) is 0 Å². The van der Waals surface area contributed by atoms with Gasteiger partial charge in [0.2, 0.25) is 0 Å². The summed E-state index contributed by atoms with van der Waals surface area (Å²) in [4.78, 5) is 10.6. The second kappa shape index (κ2) is 4.03. The number of carboxylic acid groups (broad SMARTS) is 1. The Morgan fingerprint density at radius 1 is 1.38 bits per heavy atom. The molecule has 0 aliphatic carbocycles. The molecular weight excluding hydrogens is 225 g/mol. The molecule has 16 heavy (non-hydrogen) atoms. The second-order valence-corrected chi connectivity index (χ2v) is 3.10. The molecule has 0 bridgehead atoms. The molecular formula is C10H8F3O3-. The number of alkyl halides is 3. The van der Waals surface area contributed by atoms with Gasteiger partial charge in [0, 0.05) is 11.1 Å². The van der Waals surface area contributed by atoms with Crippen molar-refractivity contribution in [1.82, 2.24) is 0 Å². The van der Waals surface area contributed by atoms with Crippen LogP contribution in [0.2, 0.25) is 0 Å². The summed E-state index contributed by atoms with van der Waals surface area (Å²) in [6, 6.07) is 1.52. The Kier molecular flexibility index (Phi) is 3.11. The predicted octanol–water partition coefficient (Wildman–Crippen LogP) is 1.39. The van der Waals surface area contributed by atoms with E-state index in [4.69, 9.17) is 0 Å². The summed E-state index contributed by atoms with van der Waals surface area (Å²) in [6.07, 6.45) is -4.54. The molecule has 0 radical (unpaired) electrons. The quantitative estimate of drug-likeness (QED) is 0.775. The fourth-order valence-corrected chi connectivity index (χ4v) is 1.42. The summed E-state index contributed by atoms with van der Waals surface area (Å²) in [5, 5.41) is 10.6. The molecule has 0 saturated heterocycles. The van der Waals surface area contributed by atoms with Gasteiger partial charge in [0.25, 0.3) is 0 Å². The number of ether oxygens (including phenoxy) is 1. The van der Waals surface area contributed by atoms with Crippen molar-refractivity contribution in [2.45, 2.75) is 13.1 Å². The van der Waals surface area contributed by atoms with Crippen LogP contribution in [0, 0.1) is 6.92 Å². The van der Waals surface area contributed by atoms with E-state index in [2.05, 4.69) is 4.74 Å². The molecule has 0 unspecified atom stereocenters. The summed E-state index contributed by atoms with van der Waals surface area (Å²) >= 11 is 0. The molecule has 0 aliphatic heterocycles. The minimum atomic E-state index is -4.54. The molecule has 3 nitrogen and oxygen atoms in total. The molecule has 0 heterocycles. The first kappa shape index (κ1) is 12.4. The molecule has 0 N–H and O–H groups in total. The third kappa shape index (κ3) is 2.10. The maximum Gasteiger partial charge on any atom is 0.416 e. The summed E-state index contributed by atoms with van der Waals surface area (Å²) in [5.74, 6) is -1.90. The highest BCUT2D eigenvalue weighted by Gasteiger charge is 2.34. The molecule has 6 heteroatoms. The maximum absolute atomic E-state index is 12.5. The fraction of sp³-hybridized carbons (Fsp3) is 0.300. The second-order valence-electron chi connectivity index (χ2n) is 3.10. The van der Waals surface area contributed by atoms with Gasteiger partial charge in [-0.15, -0.1) is 0 Å². The highest BCUT2D eigenvalue weighted by molar-refractivity contribution is 5.90. The first-order chi connectivity index (χ1) is 7.29. The Morgan fingerprint density at radius 2 is 1.94 bits per heavy atom. The van der Waals surface area contributed by atoms with Gasteiger partial charge in [-0.1, -0.05) is 0 Å². The standard InChI is InChI=1S/C10H9F3O3/c1-5-7(10(11,12)13)4-3-6(9(14)15)8(5)16-2/h3-4H,1-2H3,(H,14,15)/p-1. The molecule has 0 fully saturated rings. The van der Waals surface area contributed by atoms with Crippen molar-refractivity contribution in [1.29, 1.82) is 0 Å². The van der Waals surface area contributed by atoms with Crippen LogP contribution in [0.15, 0.2) is 12.1 Å². The van der Waals surface area contributed by atoms with Crippen LogP contribution in [-0.4, -0.2) is 13.1 Å². The molecule has 0 atom stereocenters. The molecule has 0 amide bonds. The van der Waals surface area contributed by atoms with E-state index in [-0.39, 0.29) is 11.3 Å². The lowest BCUT2D eigenvalue weighted by Crippen LogP contribution is -2.24. The van der Waals surface area contributed by atoms with Gasteiger partial charge in [0.15, 0.2) is 0 Å². The Labute approximate surface area is 89.5 Å². The van der Waals surface area contributed by atoms with Gasteiger partial charge in [-0.25, -0.2) is 0 Å². The van der Waals surface area contributed by atoms with Crippen molar-refractivity contribution in [2.24, 2.45) is 0 Å². The zero-order valence-corrected chi connectivity index (χ0v) is 8.51. The first-order valence-corrected chi connectivity index (χ1v) is 4.25. The molecule has 88 valence electrons. The lowest BCUT2D eigenvalue weighted by atomic mass is 10.0. The van der Waals surface area contributed by atoms with Gasteiger partial charge < -0.3 is 14.6 Å². The van der Waals surface area contributed by atoms with E-state index in [9.17, 15) is 23.1 Å². The lowest BCUT2D eigenvalue weighted by molar-refractivity contribution is -0.255. The summed E-state index contributed by atoms with van der Waals surface area (Å²) in [6.45, 7) is 1.15. The Morgan fingerprint density at radius 3 is 2.31 bits per heavy atom. The number of carbonyl (C=O) groups excluding carboxylic acids is 1. The number of hydrogen-bond donors (Lipinski definition) is 0. The van der Waals surface area contributed by atoms with Gasteiger partial charge in [-0.3, -0.25) is 0 Å². The number of rotatable bonds is 2. The van der Waals surface area contributed by atoms with E-state index in [1.54, 1.807) is 0 Å². The van der Waals surface area contributed by atoms with E-state index in [1.165, 1.54) is 0 Å². The highest BCUT2D eigenvalue weighted by atomic mass is 19.4. The van der Waals surface area contributed by atoms with Gasteiger partial charge in [0.1, 0.15) is 5.75 Å². The van der Waals surface area contributed by atoms with Crippen molar-refractivity contribution in [2.75, 3.05) is 7.11 Å². The number of halogens is 3. The highest BCUT2D eigenvalue weighted by Crippen LogP contribution is 2.36. The maximum atomic E-state index is 12.5. The number of benzene rings is 1. The topological polar surface area (TPSA) is 49.4 Å². The number of carbonyl (C=O) groups is 1. The molecule has 0 spiro atoms. The SMILES string of the molecule is COc1c(C(=O)[O-])ccc(C(F)(F)F)c1C. The smallest absolute Gasteiger partial charge is 0.416 e. The van der Waals surface area contributed by atoms with E-state index >= 15 is 0 Å². The number of methoxy groups -OCH3 is 1. The normalized spacial score (nSPS) is 11.3. The Bertz CT molecular complexity index is 424. The van der Waals surface area contributed by atoms with E-state index in [1.807, 2.05) is 0 Å². The van der Waals surface area contributed by atoms with Crippen LogP contribution in [0.3, 0.4) is 0 Å². The van der Waals surface area contributed by atoms with Crippen LogP contribution >= 0.6 is 0 Å². The minimum Gasteiger partial charge on any atom is -0.545 e. The van der Waals surface area contributed by atoms with Crippen molar-refractivity contribution in [3.05, 3.63) is 28.8 Å². The third-order valence-electron chi connectivity index (χ3n) is 2.14. The molecule has 1 aromatic carbocycles. The summed E-state index contributed by atoms with van der Waals surface area (Å²) in [5.41, 5.74) is -1.58. The van der Waals surface area contributed by atoms with Crippen LogP contribution < -0.4 is 9.84 Å². The average molecular weight is 233 g/mol. The average Bonchev–Trinajstić information content (AvgIpc) is 2.14.